The van der Waals surface area contributed by atoms with Gasteiger partial charge in [-0.05, 0) is 31.2 Å². The van der Waals surface area contributed by atoms with Gasteiger partial charge in [0.25, 0.3) is 5.91 Å². The number of hydrogen-bond acceptors (Lipinski definition) is 4. The van der Waals surface area contributed by atoms with Crippen molar-refractivity contribution in [2.24, 2.45) is 0 Å². The molecule has 0 heterocycles. The molecule has 1 N–H and O–H groups in total. The van der Waals surface area contributed by atoms with Gasteiger partial charge in [-0.3, -0.25) is 9.59 Å². The van der Waals surface area contributed by atoms with Gasteiger partial charge in [-0.2, -0.15) is 0 Å². The van der Waals surface area contributed by atoms with Crippen LogP contribution in [0.5, 0.6) is 0 Å². The second kappa shape index (κ2) is 8.44. The summed E-state index contributed by atoms with van der Waals surface area (Å²) in [6.07, 6.45) is 0. The topological polar surface area (TPSA) is 55.4 Å². The Kier molecular flexibility index (Phi) is 6.31. The molecule has 0 aliphatic carbocycles. The minimum atomic E-state index is -0.774. The first-order chi connectivity index (χ1) is 11.5. The van der Waals surface area contributed by atoms with E-state index in [0.29, 0.717) is 0 Å². The van der Waals surface area contributed by atoms with Crippen molar-refractivity contribution in [3.8, 4) is 0 Å². The van der Waals surface area contributed by atoms with E-state index < -0.39 is 35.4 Å². The van der Waals surface area contributed by atoms with E-state index in [-0.39, 0.29) is 5.69 Å². The average molecular weight is 351 g/mol. The molecular formula is C17H15F2NO3S. The number of hydrogen-bond donors (Lipinski definition) is 1. The lowest BCUT2D eigenvalue weighted by Crippen LogP contribution is -2.25. The van der Waals surface area contributed by atoms with Crippen molar-refractivity contribution in [3.63, 3.8) is 0 Å². The van der Waals surface area contributed by atoms with Crippen molar-refractivity contribution in [3.05, 3.63) is 60.2 Å². The highest BCUT2D eigenvalue weighted by Crippen LogP contribution is 2.23. The molecular weight excluding hydrogens is 336 g/mol. The van der Waals surface area contributed by atoms with Crippen LogP contribution in [-0.4, -0.2) is 23.7 Å². The molecule has 2 aromatic rings. The van der Waals surface area contributed by atoms with Crippen LogP contribution in [-0.2, 0) is 14.3 Å². The molecule has 0 radical (unpaired) electrons. The summed E-state index contributed by atoms with van der Waals surface area (Å²) in [4.78, 5) is 24.4. The number of benzene rings is 2. The zero-order valence-electron chi connectivity index (χ0n) is 12.8. The summed E-state index contributed by atoms with van der Waals surface area (Å²) >= 11 is 1.30. The number of ether oxygens (including phenoxy) is 1. The van der Waals surface area contributed by atoms with E-state index in [2.05, 4.69) is 5.32 Å². The molecule has 0 fully saturated rings. The lowest BCUT2D eigenvalue weighted by atomic mass is 10.3. The van der Waals surface area contributed by atoms with Crippen LogP contribution in [0.3, 0.4) is 0 Å². The monoisotopic (exact) mass is 351 g/mol. The first-order valence-electron chi connectivity index (χ1n) is 7.09. The fourth-order valence-corrected chi connectivity index (χ4v) is 2.67. The third-order valence-corrected chi connectivity index (χ3v) is 4.03. The highest BCUT2D eigenvalue weighted by molar-refractivity contribution is 8.00. The number of esters is 1. The van der Waals surface area contributed by atoms with E-state index in [0.717, 1.165) is 23.1 Å². The van der Waals surface area contributed by atoms with Gasteiger partial charge in [0.2, 0.25) is 0 Å². The van der Waals surface area contributed by atoms with E-state index in [1.807, 2.05) is 30.3 Å². The molecule has 0 spiro atoms. The standard InChI is InChI=1S/C17H15F2NO3S/c1-11(24-13-5-3-2-4-6-13)17(22)23-10-16(21)20-15-9-12(18)7-8-14(15)19/h2-9,11H,10H2,1H3,(H,20,21)/t11-/m1/s1. The molecule has 0 aliphatic rings. The molecule has 1 atom stereocenters. The molecule has 2 rings (SSSR count). The van der Waals surface area contributed by atoms with Gasteiger partial charge in [-0.25, -0.2) is 8.78 Å². The zero-order valence-corrected chi connectivity index (χ0v) is 13.6. The van der Waals surface area contributed by atoms with E-state index in [9.17, 15) is 18.4 Å². The molecule has 126 valence electrons. The van der Waals surface area contributed by atoms with Gasteiger partial charge < -0.3 is 10.1 Å². The number of halogens is 2. The Morgan fingerprint density at radius 2 is 1.88 bits per heavy atom. The second-order valence-corrected chi connectivity index (χ2v) is 6.27. The summed E-state index contributed by atoms with van der Waals surface area (Å²) in [5.74, 6) is -2.77. The summed E-state index contributed by atoms with van der Waals surface area (Å²) < 4.78 is 31.3. The first-order valence-corrected chi connectivity index (χ1v) is 7.97. The maximum atomic E-state index is 13.4. The lowest BCUT2D eigenvalue weighted by molar-refractivity contribution is -0.146. The summed E-state index contributed by atoms with van der Waals surface area (Å²) in [5, 5.41) is 1.65. The van der Waals surface area contributed by atoms with Crippen LogP contribution in [0.25, 0.3) is 0 Å². The summed E-state index contributed by atoms with van der Waals surface area (Å²) in [6, 6.07) is 12.0. The highest BCUT2D eigenvalue weighted by Gasteiger charge is 2.17. The number of carbonyl (C=O) groups excluding carboxylic acids is 2. The average Bonchev–Trinajstić information content (AvgIpc) is 2.57. The van der Waals surface area contributed by atoms with Gasteiger partial charge in [0.1, 0.15) is 16.9 Å². The third-order valence-electron chi connectivity index (χ3n) is 2.94. The Hall–Kier alpha value is -2.41. The molecule has 2 aromatic carbocycles. The Morgan fingerprint density at radius 1 is 1.17 bits per heavy atom. The summed E-state index contributed by atoms with van der Waals surface area (Å²) in [7, 11) is 0. The van der Waals surface area contributed by atoms with Gasteiger partial charge in [0.05, 0.1) is 5.69 Å². The largest absolute Gasteiger partial charge is 0.455 e. The maximum absolute atomic E-state index is 13.4. The number of thioether (sulfide) groups is 1. The van der Waals surface area contributed by atoms with Crippen molar-refractivity contribution in [1.82, 2.24) is 0 Å². The van der Waals surface area contributed by atoms with Crippen molar-refractivity contribution >= 4 is 29.3 Å². The number of anilines is 1. The van der Waals surface area contributed by atoms with Crippen molar-refractivity contribution in [2.45, 2.75) is 17.1 Å². The minimum absolute atomic E-state index is 0.303. The van der Waals surface area contributed by atoms with Crippen molar-refractivity contribution < 1.29 is 23.1 Å². The molecule has 0 unspecified atom stereocenters. The Morgan fingerprint density at radius 3 is 2.58 bits per heavy atom. The van der Waals surface area contributed by atoms with Gasteiger partial charge in [-0.1, -0.05) is 18.2 Å². The molecule has 0 aliphatic heterocycles. The van der Waals surface area contributed by atoms with E-state index in [4.69, 9.17) is 4.74 Å². The predicted molar refractivity (Wildman–Crippen MR) is 87.7 cm³/mol. The second-order valence-electron chi connectivity index (χ2n) is 4.85. The highest BCUT2D eigenvalue weighted by atomic mass is 32.2. The van der Waals surface area contributed by atoms with Crippen LogP contribution in [0.1, 0.15) is 6.92 Å². The van der Waals surface area contributed by atoms with Crippen LogP contribution in [0.4, 0.5) is 14.5 Å². The maximum Gasteiger partial charge on any atom is 0.319 e. The smallest absolute Gasteiger partial charge is 0.319 e. The molecule has 0 saturated carbocycles. The number of rotatable bonds is 6. The van der Waals surface area contributed by atoms with Gasteiger partial charge in [-0.15, -0.1) is 11.8 Å². The Bertz CT molecular complexity index is 725. The third kappa shape index (κ3) is 5.34. The molecule has 1 amide bonds. The molecule has 0 aromatic heterocycles. The van der Waals surface area contributed by atoms with E-state index >= 15 is 0 Å². The Balaban J connectivity index is 1.82. The summed E-state index contributed by atoms with van der Waals surface area (Å²) in [6.45, 7) is 1.08. The molecule has 7 heteroatoms. The quantitative estimate of drug-likeness (QED) is 0.638. The van der Waals surface area contributed by atoms with E-state index in [1.54, 1.807) is 6.92 Å². The number of nitrogens with one attached hydrogen (secondary N) is 1. The zero-order chi connectivity index (χ0) is 17.5. The van der Waals surface area contributed by atoms with Crippen LogP contribution in [0.2, 0.25) is 0 Å². The van der Waals surface area contributed by atoms with Crippen LogP contribution >= 0.6 is 11.8 Å². The van der Waals surface area contributed by atoms with Crippen LogP contribution < -0.4 is 5.32 Å². The molecule has 24 heavy (non-hydrogen) atoms. The number of amides is 1. The van der Waals surface area contributed by atoms with Gasteiger partial charge in [0.15, 0.2) is 6.61 Å². The molecule has 0 bridgehead atoms. The van der Waals surface area contributed by atoms with Crippen molar-refractivity contribution in [2.75, 3.05) is 11.9 Å². The van der Waals surface area contributed by atoms with Crippen LogP contribution in [0.15, 0.2) is 53.4 Å². The van der Waals surface area contributed by atoms with Crippen LogP contribution in [0, 0.1) is 11.6 Å². The minimum Gasteiger partial charge on any atom is -0.455 e. The first kappa shape index (κ1) is 17.9. The normalized spacial score (nSPS) is 11.6. The van der Waals surface area contributed by atoms with Gasteiger partial charge >= 0.3 is 5.97 Å². The molecule has 4 nitrogen and oxygen atoms in total. The fraction of sp³-hybridized carbons (Fsp3) is 0.176. The van der Waals surface area contributed by atoms with Crippen molar-refractivity contribution in [1.29, 1.82) is 0 Å². The summed E-state index contributed by atoms with van der Waals surface area (Å²) in [5.41, 5.74) is -0.303. The SMILES string of the molecule is C[C@@H](Sc1ccccc1)C(=O)OCC(=O)Nc1cc(F)ccc1F. The predicted octanol–water partition coefficient (Wildman–Crippen LogP) is 3.63. The Labute approximate surface area is 142 Å². The fourth-order valence-electron chi connectivity index (χ4n) is 1.78. The van der Waals surface area contributed by atoms with Gasteiger partial charge in [0, 0.05) is 11.0 Å². The number of carbonyl (C=O) groups is 2. The molecule has 0 saturated heterocycles. The van der Waals surface area contributed by atoms with E-state index in [1.165, 1.54) is 11.8 Å². The lowest BCUT2D eigenvalue weighted by Gasteiger charge is -2.11.